The van der Waals surface area contributed by atoms with Crippen molar-refractivity contribution in [1.29, 1.82) is 0 Å². The fourth-order valence-electron chi connectivity index (χ4n) is 4.62. The van der Waals surface area contributed by atoms with Crippen LogP contribution in [0.1, 0.15) is 37.1 Å². The Morgan fingerprint density at radius 3 is 2.67 bits per heavy atom. The van der Waals surface area contributed by atoms with Crippen molar-refractivity contribution >= 4 is 43.8 Å². The highest BCUT2D eigenvalue weighted by Crippen LogP contribution is 2.33. The van der Waals surface area contributed by atoms with Gasteiger partial charge in [0.05, 0.1) is 22.3 Å². The van der Waals surface area contributed by atoms with Crippen molar-refractivity contribution in [2.75, 3.05) is 23.9 Å². The van der Waals surface area contributed by atoms with Gasteiger partial charge in [-0.2, -0.15) is 0 Å². The SMILES string of the molecule is CCCNC(CCS(C)(=O)=O)c1ccc(-c2ccc3ncnc(Nc4ccc(OCc5cccc(F)c5)c(Cl)c4)c3c2)o1. The molecule has 0 spiro atoms. The fraction of sp³-hybridized carbons (Fsp3) is 0.250. The monoisotopic (exact) mass is 622 g/mol. The molecule has 2 aromatic heterocycles. The molecule has 8 nitrogen and oxygen atoms in total. The number of anilines is 2. The molecule has 43 heavy (non-hydrogen) atoms. The second-order valence-electron chi connectivity index (χ2n) is 10.3. The van der Waals surface area contributed by atoms with E-state index in [1.165, 1.54) is 24.7 Å². The number of hydrogen-bond donors (Lipinski definition) is 2. The average Bonchev–Trinajstić information content (AvgIpc) is 3.46. The Bertz CT molecular complexity index is 1830. The van der Waals surface area contributed by atoms with Gasteiger partial charge < -0.3 is 19.8 Å². The molecule has 0 saturated carbocycles. The van der Waals surface area contributed by atoms with Gasteiger partial charge in [-0.15, -0.1) is 0 Å². The van der Waals surface area contributed by atoms with Crippen molar-refractivity contribution in [3.05, 3.63) is 101 Å². The topological polar surface area (TPSA) is 106 Å². The second kappa shape index (κ2) is 13.5. The van der Waals surface area contributed by atoms with Crippen molar-refractivity contribution in [3.63, 3.8) is 0 Å². The van der Waals surface area contributed by atoms with Crippen LogP contribution in [0.4, 0.5) is 15.9 Å². The molecule has 2 heterocycles. The van der Waals surface area contributed by atoms with Crippen LogP contribution < -0.4 is 15.4 Å². The van der Waals surface area contributed by atoms with E-state index < -0.39 is 9.84 Å². The van der Waals surface area contributed by atoms with Crippen molar-refractivity contribution < 1.29 is 22.0 Å². The summed E-state index contributed by atoms with van der Waals surface area (Å²) in [5, 5.41) is 7.88. The van der Waals surface area contributed by atoms with Crippen molar-refractivity contribution in [2.45, 2.75) is 32.4 Å². The van der Waals surface area contributed by atoms with E-state index in [0.29, 0.717) is 45.8 Å². The molecule has 11 heteroatoms. The van der Waals surface area contributed by atoms with E-state index in [1.54, 1.807) is 24.3 Å². The number of fused-ring (bicyclic) bond motifs is 1. The summed E-state index contributed by atoms with van der Waals surface area (Å²) >= 11 is 6.50. The highest BCUT2D eigenvalue weighted by Gasteiger charge is 2.19. The maximum absolute atomic E-state index is 13.5. The molecule has 0 saturated heterocycles. The summed E-state index contributed by atoms with van der Waals surface area (Å²) in [5.41, 5.74) is 2.97. The van der Waals surface area contributed by atoms with Crippen LogP contribution in [0.5, 0.6) is 5.75 Å². The molecule has 5 rings (SSSR count). The fourth-order valence-corrected chi connectivity index (χ4v) is 5.52. The number of furan rings is 1. The zero-order chi connectivity index (χ0) is 30.4. The normalized spacial score (nSPS) is 12.4. The van der Waals surface area contributed by atoms with Gasteiger partial charge in [-0.05, 0) is 85.6 Å². The molecule has 0 aliphatic heterocycles. The average molecular weight is 623 g/mol. The van der Waals surface area contributed by atoms with Gasteiger partial charge in [0.1, 0.15) is 51.7 Å². The van der Waals surface area contributed by atoms with E-state index >= 15 is 0 Å². The lowest BCUT2D eigenvalue weighted by molar-refractivity contribution is 0.306. The summed E-state index contributed by atoms with van der Waals surface area (Å²) in [5.74, 6) is 2.14. The van der Waals surface area contributed by atoms with Crippen LogP contribution in [0.15, 0.2) is 83.5 Å². The molecule has 0 aliphatic carbocycles. The summed E-state index contributed by atoms with van der Waals surface area (Å²) < 4.78 is 49.1. The van der Waals surface area contributed by atoms with Crippen LogP contribution >= 0.6 is 11.6 Å². The van der Waals surface area contributed by atoms with Crippen molar-refractivity contribution in [2.24, 2.45) is 0 Å². The number of nitrogens with zero attached hydrogens (tertiary/aromatic N) is 2. The third kappa shape index (κ3) is 8.10. The van der Waals surface area contributed by atoms with E-state index in [0.717, 1.165) is 29.4 Å². The standard InChI is InChI=1S/C32H32ClFN4O4S/c1-3-14-35-28(13-15-43(2,39)40)31-12-11-29(42-31)22-7-9-27-25(17-22)32(37-20-36-27)38-24-8-10-30(26(33)18-24)41-19-21-5-4-6-23(34)16-21/h4-12,16-18,20,28,35H,3,13-15,19H2,1-2H3,(H,36,37,38). The molecule has 224 valence electrons. The molecule has 5 aromatic rings. The zero-order valence-corrected chi connectivity index (χ0v) is 25.4. The molecule has 0 fully saturated rings. The van der Waals surface area contributed by atoms with Crippen LogP contribution in [0.2, 0.25) is 5.02 Å². The predicted octanol–water partition coefficient (Wildman–Crippen LogP) is 7.48. The number of rotatable bonds is 13. The Morgan fingerprint density at radius 1 is 1.05 bits per heavy atom. The van der Waals surface area contributed by atoms with Crippen LogP contribution in [0.3, 0.4) is 0 Å². The van der Waals surface area contributed by atoms with Gasteiger partial charge in [-0.3, -0.25) is 0 Å². The number of benzene rings is 3. The molecule has 1 atom stereocenters. The summed E-state index contributed by atoms with van der Waals surface area (Å²) in [6.45, 7) is 2.99. The van der Waals surface area contributed by atoms with E-state index in [9.17, 15) is 12.8 Å². The number of hydrogen-bond acceptors (Lipinski definition) is 8. The van der Waals surface area contributed by atoms with Gasteiger partial charge in [0.15, 0.2) is 0 Å². The minimum Gasteiger partial charge on any atom is -0.487 e. The van der Waals surface area contributed by atoms with Crippen LogP contribution in [-0.4, -0.2) is 36.9 Å². The largest absolute Gasteiger partial charge is 0.487 e. The van der Waals surface area contributed by atoms with E-state index in [4.69, 9.17) is 20.8 Å². The van der Waals surface area contributed by atoms with Gasteiger partial charge in [0.2, 0.25) is 0 Å². The Hall–Kier alpha value is -3.99. The lowest BCUT2D eigenvalue weighted by atomic mass is 10.1. The summed E-state index contributed by atoms with van der Waals surface area (Å²) in [6, 6.07) is 20.8. The first-order valence-electron chi connectivity index (χ1n) is 13.9. The van der Waals surface area contributed by atoms with Gasteiger partial charge in [0.25, 0.3) is 0 Å². The predicted molar refractivity (Wildman–Crippen MR) is 168 cm³/mol. The van der Waals surface area contributed by atoms with Crippen LogP contribution in [-0.2, 0) is 16.4 Å². The van der Waals surface area contributed by atoms with Crippen molar-refractivity contribution in [3.8, 4) is 17.1 Å². The number of ether oxygens (including phenoxy) is 1. The molecule has 0 aliphatic rings. The second-order valence-corrected chi connectivity index (χ2v) is 12.9. The third-order valence-corrected chi connectivity index (χ3v) is 8.06. The van der Waals surface area contributed by atoms with Gasteiger partial charge in [-0.25, -0.2) is 22.8 Å². The number of nitrogens with one attached hydrogen (secondary N) is 2. The molecular formula is C32H32ClFN4O4S. The lowest BCUT2D eigenvalue weighted by Gasteiger charge is -2.15. The number of sulfone groups is 1. The lowest BCUT2D eigenvalue weighted by Crippen LogP contribution is -2.24. The Morgan fingerprint density at radius 2 is 1.91 bits per heavy atom. The van der Waals surface area contributed by atoms with E-state index in [1.807, 2.05) is 36.4 Å². The summed E-state index contributed by atoms with van der Waals surface area (Å²) in [6.07, 6.45) is 4.06. The first-order chi connectivity index (χ1) is 20.7. The number of halogens is 2. The molecule has 1 unspecified atom stereocenters. The summed E-state index contributed by atoms with van der Waals surface area (Å²) in [7, 11) is -3.10. The van der Waals surface area contributed by atoms with E-state index in [-0.39, 0.29) is 24.2 Å². The highest BCUT2D eigenvalue weighted by atomic mass is 35.5. The first-order valence-corrected chi connectivity index (χ1v) is 16.3. The maximum Gasteiger partial charge on any atom is 0.147 e. The van der Waals surface area contributed by atoms with Crippen LogP contribution in [0, 0.1) is 5.82 Å². The maximum atomic E-state index is 13.5. The van der Waals surface area contributed by atoms with Crippen LogP contribution in [0.25, 0.3) is 22.2 Å². The summed E-state index contributed by atoms with van der Waals surface area (Å²) in [4.78, 5) is 8.86. The third-order valence-electron chi connectivity index (χ3n) is 6.79. The van der Waals surface area contributed by atoms with Gasteiger partial charge in [-0.1, -0.05) is 30.7 Å². The zero-order valence-electron chi connectivity index (χ0n) is 23.8. The Kier molecular flexibility index (Phi) is 9.59. The minimum atomic E-state index is -3.10. The van der Waals surface area contributed by atoms with Gasteiger partial charge in [0, 0.05) is 22.9 Å². The first kappa shape index (κ1) is 30.5. The Labute approximate surface area is 255 Å². The molecule has 0 bridgehead atoms. The molecule has 0 radical (unpaired) electrons. The Balaban J connectivity index is 1.35. The minimum absolute atomic E-state index is 0.0664. The number of aromatic nitrogens is 2. The molecular weight excluding hydrogens is 591 g/mol. The van der Waals surface area contributed by atoms with Gasteiger partial charge >= 0.3 is 0 Å². The molecule has 2 N–H and O–H groups in total. The van der Waals surface area contributed by atoms with Crippen molar-refractivity contribution in [1.82, 2.24) is 15.3 Å². The quantitative estimate of drug-likeness (QED) is 0.139. The molecule has 3 aromatic carbocycles. The smallest absolute Gasteiger partial charge is 0.147 e. The van der Waals surface area contributed by atoms with E-state index in [2.05, 4.69) is 27.5 Å². The highest BCUT2D eigenvalue weighted by molar-refractivity contribution is 7.90. The molecule has 0 amide bonds.